The number of carbonyl (C=O) groups excluding carboxylic acids is 5. The number of hydrogen-bond acceptors (Lipinski definition) is 13. The maximum atomic E-state index is 14.2. The smallest absolute Gasteiger partial charge is 0.329 e. The Hall–Kier alpha value is -3.11. The first-order valence-electron chi connectivity index (χ1n) is 23.8. The Morgan fingerprint density at radius 2 is 1.53 bits per heavy atom. The highest BCUT2D eigenvalue weighted by Gasteiger charge is 2.53. The first-order chi connectivity index (χ1) is 30.3. The summed E-state index contributed by atoms with van der Waals surface area (Å²) in [6, 6.07) is -1.12. The zero-order valence-corrected chi connectivity index (χ0v) is 39.9. The highest BCUT2D eigenvalue weighted by Crippen LogP contribution is 2.37. The summed E-state index contributed by atoms with van der Waals surface area (Å²) in [5, 5.41) is 33.8. The van der Waals surface area contributed by atoms with Gasteiger partial charge >= 0.3 is 5.97 Å². The number of Topliss-reactive ketones (excluding diaryl/α,β-unsaturated/α-hetero) is 3. The van der Waals surface area contributed by atoms with Crippen molar-refractivity contribution in [1.29, 1.82) is 0 Å². The van der Waals surface area contributed by atoms with Gasteiger partial charge in [-0.15, -0.1) is 0 Å². The minimum atomic E-state index is -2.42. The molecule has 4 aliphatic rings. The minimum absolute atomic E-state index is 0.0363. The number of hydrogen-bond donors (Lipinski definition) is 3. The van der Waals surface area contributed by atoms with Crippen LogP contribution in [0.2, 0.25) is 0 Å². The highest BCUT2D eigenvalue weighted by atomic mass is 16.6. The highest BCUT2D eigenvalue weighted by molar-refractivity contribution is 6.39. The monoisotopic (exact) mass is 902 g/mol. The summed E-state index contributed by atoms with van der Waals surface area (Å²) in [4.78, 5) is 71.4. The summed E-state index contributed by atoms with van der Waals surface area (Å²) < 4.78 is 29.3. The van der Waals surface area contributed by atoms with Crippen LogP contribution >= 0.6 is 0 Å². The number of nitrogens with zero attached hydrogens (tertiary/aromatic N) is 1. The van der Waals surface area contributed by atoms with Gasteiger partial charge in [0.1, 0.15) is 24.0 Å². The second kappa shape index (κ2) is 25.1. The predicted octanol–water partition coefficient (Wildman–Crippen LogP) is 6.01. The first-order valence-corrected chi connectivity index (χ1v) is 23.8. The van der Waals surface area contributed by atoms with E-state index in [1.807, 2.05) is 51.2 Å². The summed E-state index contributed by atoms with van der Waals surface area (Å²) in [7, 11) is 4.55. The number of esters is 1. The van der Waals surface area contributed by atoms with Crippen LogP contribution in [0.3, 0.4) is 0 Å². The third-order valence-electron chi connectivity index (χ3n) is 14.5. The molecule has 2 saturated heterocycles. The number of ether oxygens (including phenoxy) is 5. The molecule has 15 atom stereocenters. The number of methoxy groups -OCH3 is 3. The van der Waals surface area contributed by atoms with Gasteiger partial charge in [0, 0.05) is 58.5 Å². The Labute approximate surface area is 381 Å². The molecule has 4 rings (SSSR count). The molecule has 1 saturated carbocycles. The van der Waals surface area contributed by atoms with Crippen LogP contribution < -0.4 is 0 Å². The predicted molar refractivity (Wildman–Crippen MR) is 241 cm³/mol. The molecule has 1 aliphatic carbocycles. The van der Waals surface area contributed by atoms with Crippen molar-refractivity contribution in [2.24, 2.45) is 35.5 Å². The molecule has 0 aromatic rings. The number of rotatable bonds is 6. The number of carbonyl (C=O) groups is 5. The van der Waals surface area contributed by atoms with Gasteiger partial charge in [0.2, 0.25) is 5.79 Å². The Bertz CT molecular complexity index is 1660. The Morgan fingerprint density at radius 3 is 2.22 bits per heavy atom. The van der Waals surface area contributed by atoms with Crippen molar-refractivity contribution in [1.82, 2.24) is 4.90 Å². The normalized spacial score (nSPS) is 40.8. The molecule has 14 heteroatoms. The van der Waals surface area contributed by atoms with E-state index in [-0.39, 0.29) is 55.3 Å². The fourth-order valence-corrected chi connectivity index (χ4v) is 10.1. The van der Waals surface area contributed by atoms with Crippen LogP contribution in [0.15, 0.2) is 36.0 Å². The minimum Gasteiger partial charge on any atom is -0.460 e. The molecule has 0 aromatic heterocycles. The average Bonchev–Trinajstić information content (AvgIpc) is 3.27. The number of piperidine rings is 1. The third kappa shape index (κ3) is 14.2. The average molecular weight is 902 g/mol. The summed E-state index contributed by atoms with van der Waals surface area (Å²) in [5.41, 5.74) is 0.885. The number of amides is 1. The van der Waals surface area contributed by atoms with Crippen LogP contribution in [-0.2, 0) is 47.7 Å². The lowest BCUT2D eigenvalue weighted by molar-refractivity contribution is -0.265. The van der Waals surface area contributed by atoms with Gasteiger partial charge in [0.15, 0.2) is 5.78 Å². The molecule has 14 nitrogen and oxygen atoms in total. The number of fused-ring (bicyclic) bond motifs is 3. The van der Waals surface area contributed by atoms with E-state index in [0.717, 1.165) is 12.0 Å². The second-order valence-electron chi connectivity index (χ2n) is 19.5. The van der Waals surface area contributed by atoms with Gasteiger partial charge in [0.25, 0.3) is 11.7 Å². The summed E-state index contributed by atoms with van der Waals surface area (Å²) in [6.07, 6.45) is 10.7. The van der Waals surface area contributed by atoms with E-state index in [1.165, 1.54) is 12.0 Å². The van der Waals surface area contributed by atoms with Gasteiger partial charge in [-0.05, 0) is 107 Å². The summed E-state index contributed by atoms with van der Waals surface area (Å²) in [5.74, 6) is -7.68. The fraction of sp³-hybridized carbons (Fsp3) is 0.780. The zero-order chi connectivity index (χ0) is 47.3. The van der Waals surface area contributed by atoms with E-state index in [2.05, 4.69) is 0 Å². The summed E-state index contributed by atoms with van der Waals surface area (Å²) >= 11 is 0. The lowest BCUT2D eigenvalue weighted by atomic mass is 9.81. The topological polar surface area (TPSA) is 195 Å². The molecule has 362 valence electrons. The van der Waals surface area contributed by atoms with Crippen molar-refractivity contribution in [3.8, 4) is 0 Å². The Kier molecular flexibility index (Phi) is 21.0. The molecule has 64 heavy (non-hydrogen) atoms. The molecule has 1 unspecified atom stereocenters. The number of aliphatic hydroxyl groups excluding tert-OH is 2. The number of cyclic esters (lactones) is 1. The van der Waals surface area contributed by atoms with Crippen LogP contribution in [0.4, 0.5) is 0 Å². The molecule has 3 fully saturated rings. The number of aliphatic hydroxyl groups is 3. The maximum Gasteiger partial charge on any atom is 0.329 e. The Morgan fingerprint density at radius 1 is 0.797 bits per heavy atom. The van der Waals surface area contributed by atoms with Crippen molar-refractivity contribution in [2.45, 2.75) is 186 Å². The summed E-state index contributed by atoms with van der Waals surface area (Å²) in [6.45, 7) is 11.1. The molecule has 0 spiro atoms. The zero-order valence-electron chi connectivity index (χ0n) is 39.9. The van der Waals surface area contributed by atoms with Crippen molar-refractivity contribution in [2.75, 3.05) is 27.9 Å². The van der Waals surface area contributed by atoms with E-state index >= 15 is 0 Å². The van der Waals surface area contributed by atoms with Crippen molar-refractivity contribution in [3.63, 3.8) is 0 Å². The maximum absolute atomic E-state index is 14.2. The van der Waals surface area contributed by atoms with E-state index in [1.54, 1.807) is 35.0 Å². The largest absolute Gasteiger partial charge is 0.460 e. The molecule has 2 bridgehead atoms. The van der Waals surface area contributed by atoms with E-state index in [0.29, 0.717) is 64.2 Å². The molecular formula is C50H79NO13. The molecule has 0 radical (unpaired) electrons. The van der Waals surface area contributed by atoms with Crippen LogP contribution in [0, 0.1) is 35.5 Å². The lowest BCUT2D eigenvalue weighted by Crippen LogP contribution is -2.60. The molecular weight excluding hydrogens is 823 g/mol. The van der Waals surface area contributed by atoms with Crippen LogP contribution in [0.1, 0.15) is 131 Å². The lowest BCUT2D eigenvalue weighted by Gasteiger charge is -2.42. The molecule has 0 aromatic carbocycles. The SMILES string of the molecule is CO[C@H]1C[C@@H]2CC[C@@H](C)[C@@](O)(O2)C(=O)C(=O)N2CCCC[C@H]2C(=O)O[C@H](CC[C@@H]2CC[C@@H](O)[C@H](OC)C2)CC(=O)[C@H](C)CC(C)[C@@H](O)[C@@H](OC)C(=O)[C@H](C)C[C@H](C)/C=C/C=C/C=C/1C. The van der Waals surface area contributed by atoms with Crippen LogP contribution in [0.5, 0.6) is 0 Å². The molecule has 3 heterocycles. The van der Waals surface area contributed by atoms with Gasteiger partial charge in [-0.1, -0.05) is 65.0 Å². The van der Waals surface area contributed by atoms with Crippen molar-refractivity contribution in [3.05, 3.63) is 36.0 Å². The number of ketones is 3. The first kappa shape index (κ1) is 53.5. The van der Waals surface area contributed by atoms with Gasteiger partial charge in [-0.3, -0.25) is 19.2 Å². The van der Waals surface area contributed by atoms with Crippen LogP contribution in [0.25, 0.3) is 0 Å². The van der Waals surface area contributed by atoms with E-state index < -0.39 is 89.8 Å². The molecule has 1 amide bonds. The third-order valence-corrected chi connectivity index (χ3v) is 14.5. The van der Waals surface area contributed by atoms with Crippen molar-refractivity contribution < 1.29 is 63.0 Å². The second-order valence-corrected chi connectivity index (χ2v) is 19.5. The molecule has 3 aliphatic heterocycles. The molecule has 3 N–H and O–H groups in total. The number of allylic oxidation sites excluding steroid dienone is 5. The van der Waals surface area contributed by atoms with E-state index in [9.17, 15) is 39.3 Å². The van der Waals surface area contributed by atoms with Crippen LogP contribution in [-0.4, -0.2) is 132 Å². The Balaban J connectivity index is 1.65. The van der Waals surface area contributed by atoms with Gasteiger partial charge in [-0.2, -0.15) is 0 Å². The van der Waals surface area contributed by atoms with Gasteiger partial charge in [0.05, 0.1) is 30.5 Å². The quantitative estimate of drug-likeness (QED) is 0.207. The standard InChI is InChI=1S/C50H79NO13/c1-30-15-11-10-12-16-31(2)42(60-7)29-38-21-18-35(6)50(59,64-38)47(56)48(57)51-24-14-13-17-39(51)49(58)63-37(22-19-36-20-23-40(52)43(27-36)61-8)28-41(53)32(3)26-34(5)45(55)46(62-9)44(54)33(4)25-30/h10-12,15-16,30,32-40,42-43,45-46,52,55,59H,13-14,17-29H2,1-9H3/b12-10+,15-11+,31-16+/t30-,32-,33-,34?,35-,36-,37-,38+,39+,40-,42+,43-,45-,46+,50-/m1/s1. The van der Waals surface area contributed by atoms with Gasteiger partial charge < -0.3 is 43.9 Å². The van der Waals surface area contributed by atoms with Gasteiger partial charge in [-0.25, -0.2) is 4.79 Å². The van der Waals surface area contributed by atoms with Crippen molar-refractivity contribution >= 4 is 29.2 Å². The fourth-order valence-electron chi connectivity index (χ4n) is 10.1. The van der Waals surface area contributed by atoms with E-state index in [4.69, 9.17) is 23.7 Å².